The Morgan fingerprint density at radius 1 is 1.07 bits per heavy atom. The predicted molar refractivity (Wildman–Crippen MR) is 63.6 cm³/mol. The molecule has 1 saturated heterocycles. The quantitative estimate of drug-likeness (QED) is 0.601. The van der Waals surface area contributed by atoms with Gasteiger partial charge in [0, 0.05) is 0 Å². The molecule has 0 N–H and O–H groups in total. The van der Waals surface area contributed by atoms with E-state index in [0.29, 0.717) is 0 Å². The second-order valence-corrected chi connectivity index (χ2v) is 4.75. The summed E-state index contributed by atoms with van der Waals surface area (Å²) in [5, 5.41) is 0. The maximum Gasteiger partial charge on any atom is -0.00183 e. The fourth-order valence-corrected chi connectivity index (χ4v) is 2.57. The third-order valence-electron chi connectivity index (χ3n) is 3.56. The summed E-state index contributed by atoms with van der Waals surface area (Å²) < 4.78 is 0. The second kappa shape index (κ2) is 7.28. The first-order valence-corrected chi connectivity index (χ1v) is 6.59. The van der Waals surface area contributed by atoms with Gasteiger partial charge in [-0.05, 0) is 51.2 Å². The topological polar surface area (TPSA) is 3.24 Å². The number of hydrogen-bond donors (Lipinski definition) is 0. The molecule has 1 heteroatoms. The van der Waals surface area contributed by atoms with Crippen LogP contribution in [0.5, 0.6) is 0 Å². The van der Waals surface area contributed by atoms with Gasteiger partial charge in [-0.15, -0.1) is 0 Å². The molecule has 84 valence electrons. The molecule has 14 heavy (non-hydrogen) atoms. The van der Waals surface area contributed by atoms with Crippen molar-refractivity contribution in [3.8, 4) is 0 Å². The maximum absolute atomic E-state index is 2.64. The third-order valence-corrected chi connectivity index (χ3v) is 3.56. The van der Waals surface area contributed by atoms with Crippen molar-refractivity contribution in [1.29, 1.82) is 0 Å². The fourth-order valence-electron chi connectivity index (χ4n) is 2.57. The summed E-state index contributed by atoms with van der Waals surface area (Å²) in [6, 6.07) is 0. The van der Waals surface area contributed by atoms with Crippen LogP contribution in [0.15, 0.2) is 0 Å². The lowest BCUT2D eigenvalue weighted by atomic mass is 9.95. The molecule has 0 bridgehead atoms. The standard InChI is InChI=1S/C13H27N/c1-3-8-13(4-2)9-7-12-14-10-5-6-11-14/h13H,3-12H2,1-2H3/t13-/m1/s1. The van der Waals surface area contributed by atoms with Gasteiger partial charge >= 0.3 is 0 Å². The molecule has 1 rings (SSSR count). The van der Waals surface area contributed by atoms with Crippen LogP contribution in [0, 0.1) is 5.92 Å². The van der Waals surface area contributed by atoms with E-state index in [2.05, 4.69) is 18.7 Å². The van der Waals surface area contributed by atoms with E-state index in [1.807, 2.05) is 0 Å². The van der Waals surface area contributed by atoms with Gasteiger partial charge in [0.2, 0.25) is 0 Å². The molecule has 0 radical (unpaired) electrons. The molecular weight excluding hydrogens is 170 g/mol. The molecule has 1 fully saturated rings. The van der Waals surface area contributed by atoms with Crippen LogP contribution in [0.2, 0.25) is 0 Å². The van der Waals surface area contributed by atoms with Crippen LogP contribution in [-0.4, -0.2) is 24.5 Å². The largest absolute Gasteiger partial charge is 0.303 e. The van der Waals surface area contributed by atoms with Gasteiger partial charge in [0.15, 0.2) is 0 Å². The van der Waals surface area contributed by atoms with E-state index in [4.69, 9.17) is 0 Å². The molecule has 0 spiro atoms. The zero-order valence-corrected chi connectivity index (χ0v) is 10.1. The van der Waals surface area contributed by atoms with Crippen LogP contribution >= 0.6 is 0 Å². The van der Waals surface area contributed by atoms with Crippen molar-refractivity contribution in [3.05, 3.63) is 0 Å². The van der Waals surface area contributed by atoms with Gasteiger partial charge in [0.25, 0.3) is 0 Å². The summed E-state index contributed by atoms with van der Waals surface area (Å²) in [5.74, 6) is 1.00. The predicted octanol–water partition coefficient (Wildman–Crippen LogP) is 3.69. The normalized spacial score (nSPS) is 20.1. The molecule has 0 saturated carbocycles. The minimum Gasteiger partial charge on any atom is -0.303 e. The number of likely N-dealkylation sites (tertiary alicyclic amines) is 1. The van der Waals surface area contributed by atoms with Gasteiger partial charge in [-0.1, -0.05) is 33.1 Å². The molecule has 0 aromatic heterocycles. The second-order valence-electron chi connectivity index (χ2n) is 4.75. The van der Waals surface area contributed by atoms with Crippen LogP contribution in [-0.2, 0) is 0 Å². The molecule has 0 aliphatic carbocycles. The van der Waals surface area contributed by atoms with E-state index in [0.717, 1.165) is 5.92 Å². The van der Waals surface area contributed by atoms with E-state index >= 15 is 0 Å². The Morgan fingerprint density at radius 2 is 1.79 bits per heavy atom. The first-order chi connectivity index (χ1) is 6.86. The Morgan fingerprint density at radius 3 is 2.36 bits per heavy atom. The highest BCUT2D eigenvalue weighted by Gasteiger charge is 2.11. The number of nitrogens with zero attached hydrogens (tertiary/aromatic N) is 1. The van der Waals surface area contributed by atoms with Gasteiger partial charge in [0.1, 0.15) is 0 Å². The highest BCUT2D eigenvalue weighted by molar-refractivity contribution is 4.67. The van der Waals surface area contributed by atoms with Gasteiger partial charge in [0.05, 0.1) is 0 Å². The molecule has 0 unspecified atom stereocenters. The average Bonchev–Trinajstić information content (AvgIpc) is 2.69. The van der Waals surface area contributed by atoms with Crippen molar-refractivity contribution in [3.63, 3.8) is 0 Å². The molecule has 1 atom stereocenters. The Balaban J connectivity index is 2.00. The SMILES string of the molecule is CCC[C@@H](CC)CCCN1CCCC1. The Bertz CT molecular complexity index is 127. The highest BCUT2D eigenvalue weighted by atomic mass is 15.1. The van der Waals surface area contributed by atoms with Crippen molar-refractivity contribution in [2.75, 3.05) is 19.6 Å². The Hall–Kier alpha value is -0.0400. The van der Waals surface area contributed by atoms with Gasteiger partial charge in [-0.3, -0.25) is 0 Å². The van der Waals surface area contributed by atoms with Crippen molar-refractivity contribution in [2.45, 2.75) is 58.8 Å². The molecule has 1 aliphatic heterocycles. The molecule has 0 aromatic carbocycles. The van der Waals surface area contributed by atoms with Crippen LogP contribution in [0.1, 0.15) is 58.8 Å². The van der Waals surface area contributed by atoms with Crippen LogP contribution < -0.4 is 0 Å². The van der Waals surface area contributed by atoms with Crippen molar-refractivity contribution < 1.29 is 0 Å². The molecule has 1 aliphatic rings. The minimum absolute atomic E-state index is 1.00. The molecule has 1 heterocycles. The molecular formula is C13H27N. The lowest BCUT2D eigenvalue weighted by Crippen LogP contribution is -2.20. The van der Waals surface area contributed by atoms with Crippen LogP contribution in [0.3, 0.4) is 0 Å². The lowest BCUT2D eigenvalue weighted by Gasteiger charge is -2.17. The minimum atomic E-state index is 1.00. The van der Waals surface area contributed by atoms with E-state index in [1.54, 1.807) is 0 Å². The van der Waals surface area contributed by atoms with E-state index in [9.17, 15) is 0 Å². The van der Waals surface area contributed by atoms with Crippen molar-refractivity contribution in [2.24, 2.45) is 5.92 Å². The van der Waals surface area contributed by atoms with E-state index in [-0.39, 0.29) is 0 Å². The first kappa shape index (κ1) is 12.0. The summed E-state index contributed by atoms with van der Waals surface area (Å²) in [6.45, 7) is 8.74. The lowest BCUT2D eigenvalue weighted by molar-refractivity contribution is 0.308. The van der Waals surface area contributed by atoms with Crippen molar-refractivity contribution in [1.82, 2.24) is 4.90 Å². The number of hydrogen-bond acceptors (Lipinski definition) is 1. The van der Waals surface area contributed by atoms with Crippen LogP contribution in [0.25, 0.3) is 0 Å². The summed E-state index contributed by atoms with van der Waals surface area (Å²) in [4.78, 5) is 2.64. The van der Waals surface area contributed by atoms with E-state index in [1.165, 1.54) is 64.6 Å². The monoisotopic (exact) mass is 197 g/mol. The molecule has 0 aromatic rings. The zero-order chi connectivity index (χ0) is 10.2. The van der Waals surface area contributed by atoms with Crippen LogP contribution in [0.4, 0.5) is 0 Å². The molecule has 0 amide bonds. The summed E-state index contributed by atoms with van der Waals surface area (Å²) in [6.07, 6.45) is 9.95. The smallest absolute Gasteiger partial charge is 0.00183 e. The Kier molecular flexibility index (Phi) is 6.25. The summed E-state index contributed by atoms with van der Waals surface area (Å²) in [7, 11) is 0. The number of rotatable bonds is 7. The first-order valence-electron chi connectivity index (χ1n) is 6.59. The maximum atomic E-state index is 2.64. The van der Waals surface area contributed by atoms with Crippen molar-refractivity contribution >= 4 is 0 Å². The fraction of sp³-hybridized carbons (Fsp3) is 1.00. The molecule has 1 nitrogen and oxygen atoms in total. The zero-order valence-electron chi connectivity index (χ0n) is 10.1. The summed E-state index contributed by atoms with van der Waals surface area (Å²) in [5.41, 5.74) is 0. The van der Waals surface area contributed by atoms with Gasteiger partial charge in [-0.2, -0.15) is 0 Å². The van der Waals surface area contributed by atoms with E-state index < -0.39 is 0 Å². The third kappa shape index (κ3) is 4.45. The van der Waals surface area contributed by atoms with Gasteiger partial charge in [-0.25, -0.2) is 0 Å². The van der Waals surface area contributed by atoms with Gasteiger partial charge < -0.3 is 4.90 Å². The summed E-state index contributed by atoms with van der Waals surface area (Å²) >= 11 is 0. The average molecular weight is 197 g/mol. The highest BCUT2D eigenvalue weighted by Crippen LogP contribution is 2.18. The Labute approximate surface area is 89.9 Å².